The predicted octanol–water partition coefficient (Wildman–Crippen LogP) is 17.5. The molecule has 11 nitrogen and oxygen atoms in total. The fraction of sp³-hybridized carbons (Fsp3) is 0. The lowest BCUT2D eigenvalue weighted by atomic mass is 9.95. The van der Waals surface area contributed by atoms with Crippen molar-refractivity contribution in [2.75, 3.05) is 0 Å². The van der Waals surface area contributed by atoms with Gasteiger partial charge in [0.05, 0.1) is 11.4 Å². The zero-order chi connectivity index (χ0) is 47.8. The maximum Gasteiger partial charge on any atom is 0.460 e. The van der Waals surface area contributed by atoms with Crippen LogP contribution in [0.5, 0.6) is 34.5 Å². The summed E-state index contributed by atoms with van der Waals surface area (Å²) < 4.78 is 60.2. The van der Waals surface area contributed by atoms with Crippen LogP contribution in [0.4, 0.5) is 0 Å². The molecule has 0 saturated heterocycles. The summed E-state index contributed by atoms with van der Waals surface area (Å²) in [5.74, 6) is 2.56. The van der Waals surface area contributed by atoms with Crippen LogP contribution in [0.1, 0.15) is 0 Å². The van der Waals surface area contributed by atoms with E-state index in [4.69, 9.17) is 45.8 Å². The van der Waals surface area contributed by atoms with Gasteiger partial charge in [0.25, 0.3) is 0 Å². The van der Waals surface area contributed by atoms with Gasteiger partial charge in [-0.2, -0.15) is 5.10 Å². The highest BCUT2D eigenvalue weighted by molar-refractivity contribution is 7.79. The predicted molar refractivity (Wildman–Crippen MR) is 284 cm³/mol. The quantitative estimate of drug-likeness (QED) is 0.0887. The van der Waals surface area contributed by atoms with Crippen molar-refractivity contribution in [2.45, 2.75) is 0 Å². The molecule has 1 aromatic heterocycles. The third-order valence-corrected chi connectivity index (χ3v) is 19.0. The summed E-state index contributed by atoms with van der Waals surface area (Å²) in [6.07, 6.45) is 0. The second kappa shape index (κ2) is 20.3. The summed E-state index contributed by atoms with van der Waals surface area (Å²) in [5.41, 5.74) is 6.46. The average molecular weight is 988 g/mol. The molecule has 11 rings (SSSR count). The Morgan fingerprint density at radius 1 is 0.268 bits per heavy atom. The molecular weight excluding hydrogens is 944 g/mol. The number of aromatic nitrogens is 2. The van der Waals surface area contributed by atoms with Crippen LogP contribution >= 0.6 is 23.0 Å². The standard InChI is InChI=1S/C57H44N5O6P3/c1-9-25-46(26-10-1)56-55(57(47-27-11-2-12-28-47)62(58-56)48-29-13-3-14-30-48)45-41-43-54(44-42-45)68-71(67-53-39-23-8-24-40-53)60-69(63-49-31-15-4-16-32-49,64-50-33-17-5-18-34-50)59-70(61-71,65-51-35-19-6-20-36-51)66-52-37-21-7-22-38-52/h1-44H. The number of nitrogens with zero attached hydrogens (tertiary/aromatic N) is 5. The highest BCUT2D eigenvalue weighted by atomic mass is 31.3. The molecule has 1 aliphatic rings. The van der Waals surface area contributed by atoms with Crippen LogP contribution in [0.15, 0.2) is 280 Å². The molecule has 14 heteroatoms. The van der Waals surface area contributed by atoms with Gasteiger partial charge in [-0.3, -0.25) is 0 Å². The van der Waals surface area contributed by atoms with Crippen molar-refractivity contribution in [2.24, 2.45) is 13.5 Å². The Morgan fingerprint density at radius 3 is 0.887 bits per heavy atom. The summed E-state index contributed by atoms with van der Waals surface area (Å²) in [7, 11) is -12.2. The normalized spacial score (nSPS) is 15.4. The minimum Gasteiger partial charge on any atom is -0.413 e. The first-order valence-corrected chi connectivity index (χ1v) is 27.3. The van der Waals surface area contributed by atoms with Crippen molar-refractivity contribution in [3.63, 3.8) is 0 Å². The fourth-order valence-electron chi connectivity index (χ4n) is 7.78. The van der Waals surface area contributed by atoms with Crippen molar-refractivity contribution in [1.29, 1.82) is 0 Å². The largest absolute Gasteiger partial charge is 0.460 e. The van der Waals surface area contributed by atoms with Crippen molar-refractivity contribution < 1.29 is 27.1 Å². The third kappa shape index (κ3) is 10.4. The zero-order valence-electron chi connectivity index (χ0n) is 37.9. The number of para-hydroxylation sites is 6. The zero-order valence-corrected chi connectivity index (χ0v) is 40.6. The van der Waals surface area contributed by atoms with E-state index in [0.717, 1.165) is 39.3 Å². The Balaban J connectivity index is 1.14. The van der Waals surface area contributed by atoms with Gasteiger partial charge in [0.15, 0.2) is 0 Å². The van der Waals surface area contributed by atoms with E-state index in [1.54, 1.807) is 0 Å². The topological polar surface area (TPSA) is 110 Å². The van der Waals surface area contributed by atoms with Crippen LogP contribution in [0.25, 0.3) is 39.3 Å². The Kier molecular flexibility index (Phi) is 12.9. The molecule has 0 fully saturated rings. The molecule has 348 valence electrons. The Labute approximate surface area is 412 Å². The highest BCUT2D eigenvalue weighted by Crippen LogP contribution is 2.78. The highest BCUT2D eigenvalue weighted by Gasteiger charge is 2.49. The van der Waals surface area contributed by atoms with Crippen LogP contribution in [-0.4, -0.2) is 9.78 Å². The SMILES string of the molecule is c1ccc(OP2(Oc3ccccc3)=NP(Oc3ccccc3)(Oc3ccccc3)=NP(Oc3ccccc3)(Oc3ccc(-c4c(-c5ccccc5)nn(-c5ccccc5)c4-c4ccccc4)cc3)=N2)cc1. The number of rotatable bonds is 16. The van der Waals surface area contributed by atoms with E-state index in [2.05, 4.69) is 36.4 Å². The molecule has 9 aromatic carbocycles. The van der Waals surface area contributed by atoms with Crippen LogP contribution < -0.4 is 27.1 Å². The first-order valence-electron chi connectivity index (χ1n) is 22.7. The van der Waals surface area contributed by atoms with E-state index in [-0.39, 0.29) is 0 Å². The first-order chi connectivity index (χ1) is 35.0. The van der Waals surface area contributed by atoms with Crippen molar-refractivity contribution in [3.05, 3.63) is 267 Å². The fourth-order valence-corrected chi connectivity index (χ4v) is 16.8. The second-order valence-electron chi connectivity index (χ2n) is 15.9. The van der Waals surface area contributed by atoms with Gasteiger partial charge in [-0.25, -0.2) is 4.68 Å². The number of benzene rings is 9. The van der Waals surface area contributed by atoms with Gasteiger partial charge in [-0.05, 0) is 90.5 Å². The van der Waals surface area contributed by atoms with E-state index in [1.807, 2.05) is 235 Å². The minimum atomic E-state index is -4.12. The second-order valence-corrected chi connectivity index (χ2v) is 22.1. The first kappa shape index (κ1) is 45.1. The molecule has 1 aliphatic heterocycles. The minimum absolute atomic E-state index is 0.389. The van der Waals surface area contributed by atoms with E-state index in [0.29, 0.717) is 34.5 Å². The Morgan fingerprint density at radius 2 is 0.549 bits per heavy atom. The van der Waals surface area contributed by atoms with Gasteiger partial charge in [0.1, 0.15) is 40.2 Å². The molecule has 0 N–H and O–H groups in total. The number of hydrogen-bond donors (Lipinski definition) is 0. The maximum absolute atomic E-state index is 7.21. The molecule has 0 bridgehead atoms. The van der Waals surface area contributed by atoms with Crippen molar-refractivity contribution >= 4 is 23.0 Å². The average Bonchev–Trinajstić information content (AvgIpc) is 3.82. The van der Waals surface area contributed by atoms with Crippen molar-refractivity contribution in [1.82, 2.24) is 9.78 Å². The van der Waals surface area contributed by atoms with Crippen LogP contribution in [-0.2, 0) is 0 Å². The molecule has 0 saturated carbocycles. The summed E-state index contributed by atoms with van der Waals surface area (Å²) in [4.78, 5) is 0. The lowest BCUT2D eigenvalue weighted by molar-refractivity contribution is 0.443. The monoisotopic (exact) mass is 987 g/mol. The molecule has 0 aliphatic carbocycles. The van der Waals surface area contributed by atoms with Gasteiger partial charge in [-0.15, -0.1) is 0 Å². The van der Waals surface area contributed by atoms with Gasteiger partial charge in [0, 0.05) is 16.7 Å². The summed E-state index contributed by atoms with van der Waals surface area (Å²) >= 11 is 0. The maximum atomic E-state index is 7.21. The van der Waals surface area contributed by atoms with Crippen LogP contribution in [0, 0.1) is 0 Å². The van der Waals surface area contributed by atoms with Crippen LogP contribution in [0.3, 0.4) is 0 Å². The van der Waals surface area contributed by atoms with Gasteiger partial charge in [0.2, 0.25) is 0 Å². The van der Waals surface area contributed by atoms with E-state index in [1.165, 1.54) is 0 Å². The summed E-state index contributed by atoms with van der Waals surface area (Å²) in [6, 6.07) is 84.8. The molecular formula is C57H44N5O6P3. The molecule has 71 heavy (non-hydrogen) atoms. The molecule has 0 radical (unpaired) electrons. The van der Waals surface area contributed by atoms with Gasteiger partial charge in [-0.1, -0.05) is 196 Å². The third-order valence-electron chi connectivity index (χ3n) is 10.9. The van der Waals surface area contributed by atoms with Gasteiger partial charge >= 0.3 is 23.0 Å². The van der Waals surface area contributed by atoms with Crippen molar-refractivity contribution in [3.8, 4) is 73.8 Å². The molecule has 0 spiro atoms. The molecule has 0 amide bonds. The lowest BCUT2D eigenvalue weighted by Crippen LogP contribution is -2.11. The smallest absolute Gasteiger partial charge is 0.413 e. The molecule has 2 heterocycles. The van der Waals surface area contributed by atoms with E-state index >= 15 is 0 Å². The van der Waals surface area contributed by atoms with E-state index < -0.39 is 23.0 Å². The van der Waals surface area contributed by atoms with E-state index in [9.17, 15) is 0 Å². The summed E-state index contributed by atoms with van der Waals surface area (Å²) in [6.45, 7) is 0. The summed E-state index contributed by atoms with van der Waals surface area (Å²) in [5, 5.41) is 5.33. The molecule has 1 unspecified atom stereocenters. The Bertz CT molecular complexity index is 3370. The van der Waals surface area contributed by atoms with Crippen LogP contribution in [0.2, 0.25) is 0 Å². The molecule has 10 aromatic rings. The lowest BCUT2D eigenvalue weighted by Gasteiger charge is -2.33. The van der Waals surface area contributed by atoms with Gasteiger partial charge < -0.3 is 27.1 Å². The molecule has 1 atom stereocenters. The Hall–Kier alpha value is -8.32. The number of hydrogen-bond acceptors (Lipinski definition) is 10.